The first-order chi connectivity index (χ1) is 32.7. The molecule has 6 rings (SSSR count). The summed E-state index contributed by atoms with van der Waals surface area (Å²) in [5, 5.41) is 29.4. The minimum atomic E-state index is -2.13. The fourth-order valence-corrected chi connectivity index (χ4v) is 10.2. The topological polar surface area (TPSA) is 249 Å². The normalized spacial score (nSPS) is 38.7. The zero-order valence-corrected chi connectivity index (χ0v) is 40.6. The number of rotatable bonds is 21. The van der Waals surface area contributed by atoms with E-state index in [1.165, 1.54) is 7.11 Å². The molecule has 2 aromatic carbocycles. The molecule has 0 bridgehead atoms. The van der Waals surface area contributed by atoms with Crippen molar-refractivity contribution in [1.29, 1.82) is 0 Å². The lowest BCUT2D eigenvalue weighted by molar-refractivity contribution is -0.362. The maximum absolute atomic E-state index is 11.0. The Balaban J connectivity index is 1.29. The van der Waals surface area contributed by atoms with Gasteiger partial charge in [0.15, 0.2) is 18.9 Å². The molecule has 20 atom stereocenters. The minimum absolute atomic E-state index is 0.124. The van der Waals surface area contributed by atoms with Crippen LogP contribution in [0.4, 0.5) is 0 Å². The maximum atomic E-state index is 11.0. The van der Waals surface area contributed by atoms with E-state index in [-0.39, 0.29) is 18.6 Å². The molecule has 2 N–H and O–H groups in total. The van der Waals surface area contributed by atoms with Crippen LogP contribution >= 0.6 is 15.8 Å². The van der Waals surface area contributed by atoms with Gasteiger partial charge < -0.3 is 66.6 Å². The van der Waals surface area contributed by atoms with Crippen LogP contribution in [0.3, 0.4) is 0 Å². The number of benzene rings is 2. The van der Waals surface area contributed by atoms with E-state index in [1.54, 1.807) is 13.8 Å². The van der Waals surface area contributed by atoms with Crippen molar-refractivity contribution in [3.05, 3.63) is 92.7 Å². The third-order valence-corrected chi connectivity index (χ3v) is 13.7. The smallest absolute Gasteiger partial charge is 0.169 e. The third kappa shape index (κ3) is 13.6. The second-order valence-corrected chi connectivity index (χ2v) is 19.1. The first-order valence-electron chi connectivity index (χ1n) is 22.4. The number of nitrogens with zero attached hydrogens (tertiary/aromatic N) is 6. The van der Waals surface area contributed by atoms with Gasteiger partial charge in [0, 0.05) is 28.8 Å². The molecule has 4 aliphatic heterocycles. The van der Waals surface area contributed by atoms with Crippen LogP contribution in [-0.2, 0) is 69.6 Å². The average Bonchev–Trinajstić information content (AvgIpc) is 3.32. The van der Waals surface area contributed by atoms with Crippen molar-refractivity contribution < 1.29 is 66.6 Å². The quantitative estimate of drug-likeness (QED) is 0.0559. The molecular weight excluding hydrogens is 918 g/mol. The average molecular weight is 976 g/mol. The Morgan fingerprint density at radius 1 is 0.544 bits per heavy atom. The van der Waals surface area contributed by atoms with Crippen LogP contribution in [0.2, 0.25) is 0 Å². The molecule has 4 saturated heterocycles. The van der Waals surface area contributed by atoms with Gasteiger partial charge in [-0.25, -0.2) is 0 Å². The van der Waals surface area contributed by atoms with Gasteiger partial charge in [0.05, 0.1) is 56.9 Å². The summed E-state index contributed by atoms with van der Waals surface area (Å²) in [5.41, 5.74) is 21.5. The monoisotopic (exact) mass is 976 g/mol. The number of methoxy groups -OCH3 is 1. The van der Waals surface area contributed by atoms with Gasteiger partial charge in [0.1, 0.15) is 91.2 Å². The summed E-state index contributed by atoms with van der Waals surface area (Å²) in [7, 11) is 21.3. The molecule has 362 valence electrons. The second-order valence-electron chi connectivity index (χ2n) is 17.2. The molecule has 20 nitrogen and oxygen atoms in total. The lowest BCUT2D eigenvalue weighted by Gasteiger charge is -2.51. The van der Waals surface area contributed by atoms with Gasteiger partial charge >= 0.3 is 0 Å². The van der Waals surface area contributed by atoms with Crippen LogP contribution in [0.1, 0.15) is 45.7 Å². The maximum Gasteiger partial charge on any atom is 0.169 e. The van der Waals surface area contributed by atoms with E-state index in [0.29, 0.717) is 6.61 Å². The summed E-state index contributed by atoms with van der Waals surface area (Å²) in [5.74, 6) is -0.825. The van der Waals surface area contributed by atoms with E-state index >= 15 is 0 Å². The molecule has 26 heteroatoms. The van der Waals surface area contributed by atoms with Gasteiger partial charge in [-0.3, -0.25) is 0 Å². The number of aliphatic hydroxyl groups excluding tert-OH is 2. The van der Waals surface area contributed by atoms with Gasteiger partial charge in [-0.15, -0.1) is 0 Å². The van der Waals surface area contributed by atoms with Crippen LogP contribution in [0.25, 0.3) is 20.9 Å². The summed E-state index contributed by atoms with van der Waals surface area (Å²) >= 11 is 0. The van der Waals surface area contributed by atoms with Gasteiger partial charge in [0.25, 0.3) is 0 Å². The van der Waals surface area contributed by atoms with Crippen LogP contribution in [0.5, 0.6) is 0 Å². The Hall–Kier alpha value is -2.38. The molecule has 68 heavy (non-hydrogen) atoms. The predicted octanol–water partition coefficient (Wildman–Crippen LogP) is 4.84. The molecule has 8 radical (unpaired) electrons. The summed E-state index contributed by atoms with van der Waals surface area (Å²) in [6.07, 6.45) is -15.1. The van der Waals surface area contributed by atoms with Gasteiger partial charge in [-0.2, -0.15) is 0 Å². The Labute approximate surface area is 404 Å². The van der Waals surface area contributed by atoms with Gasteiger partial charge in [-0.05, 0) is 43.0 Å². The third-order valence-electron chi connectivity index (χ3n) is 12.7. The zero-order chi connectivity index (χ0) is 49.1. The molecule has 2 aromatic rings. The fraction of sp³-hybridized carbons (Fsp3) is 0.714. The standard InChI is InChI=1S/C42H58B4N6O14P2/c1-21-23(3)58-24(4)34(32(21)56-19-26-13-9-7-10-14-26)62-42-31(50-52-48)39(66-68(45)46)37(29(18-54)61-42)64-40-22(2)33(57-20-27-15-11-8-12-16-27)35(25(5)59-40)63-41-30(49-51-47)38(65-67(43)44)36(55-6)28(17-53)60-41/h7-16,21-25,28-42,53-54H,17-20H2,1-6H3/t21?,22?,23-,24?,25?,28?,29?,30?,31?,32-,33-,34?,35?,36+,37+,38+,39+,40+,41+,42+/m0/s1. The highest BCUT2D eigenvalue weighted by molar-refractivity contribution is 7.98. The largest absolute Gasteiger partial charge is 0.394 e. The SMILES string of the molecule is [B]P([B])O[C@@H]1C(N=[N+]=[N-])[C@@H](OC2C(C)O[C@H](O[C@@H]3C(CO)O[C@H](OC4C(C)O[C@@H](C)C(C)[C@@H]4OCc4ccccc4)C(N=[N+]=[N-])[C@H]3OP([B])[B])C(C)[C@@H]2OCc2ccccc2)OC(CO)[C@H]1OC. The highest BCUT2D eigenvalue weighted by atomic mass is 31.1. The Morgan fingerprint density at radius 2 is 0.971 bits per heavy atom. The fourth-order valence-electron chi connectivity index (χ4n) is 9.17. The molecule has 10 unspecified atom stereocenters. The summed E-state index contributed by atoms with van der Waals surface area (Å²) < 4.78 is 76.4. The highest BCUT2D eigenvalue weighted by Crippen LogP contribution is 2.43. The van der Waals surface area contributed by atoms with E-state index in [4.69, 9.17) is 86.7 Å². The minimum Gasteiger partial charge on any atom is -0.394 e. The molecule has 0 aromatic heterocycles. The first-order valence-corrected chi connectivity index (χ1v) is 25.2. The number of ether oxygens (including phenoxy) is 10. The lowest BCUT2D eigenvalue weighted by Crippen LogP contribution is -2.65. The van der Waals surface area contributed by atoms with Crippen LogP contribution in [0.15, 0.2) is 70.9 Å². The van der Waals surface area contributed by atoms with Crippen LogP contribution < -0.4 is 0 Å². The van der Waals surface area contributed by atoms with E-state index < -0.39 is 139 Å². The predicted molar refractivity (Wildman–Crippen MR) is 252 cm³/mol. The Morgan fingerprint density at radius 3 is 1.41 bits per heavy atom. The molecule has 4 aliphatic rings. The second kappa shape index (κ2) is 26.4. The molecule has 0 aliphatic carbocycles. The summed E-state index contributed by atoms with van der Waals surface area (Å²) in [4.78, 5) is 6.14. The van der Waals surface area contributed by atoms with Crippen LogP contribution in [-0.4, -0.2) is 171 Å². The molecule has 4 heterocycles. The summed E-state index contributed by atoms with van der Waals surface area (Å²) in [6.45, 7) is 8.64. The van der Waals surface area contributed by atoms with E-state index in [9.17, 15) is 21.3 Å². The Kier molecular flexibility index (Phi) is 21.3. The van der Waals surface area contributed by atoms with E-state index in [1.807, 2.05) is 81.4 Å². The van der Waals surface area contributed by atoms with Crippen molar-refractivity contribution in [3.8, 4) is 0 Å². The highest BCUT2D eigenvalue weighted by Gasteiger charge is 2.55. The zero-order valence-electron chi connectivity index (χ0n) is 38.8. The van der Waals surface area contributed by atoms with E-state index in [0.717, 1.165) is 11.1 Å². The Bertz CT molecular complexity index is 1950. The number of aliphatic hydroxyl groups is 2. The van der Waals surface area contributed by atoms with Crippen LogP contribution in [0, 0.1) is 11.8 Å². The number of azide groups is 2. The molecule has 0 spiro atoms. The van der Waals surface area contributed by atoms with Crippen molar-refractivity contribution in [3.63, 3.8) is 0 Å². The van der Waals surface area contributed by atoms with Crippen molar-refractivity contribution in [1.82, 2.24) is 0 Å². The van der Waals surface area contributed by atoms with E-state index in [2.05, 4.69) is 20.1 Å². The van der Waals surface area contributed by atoms with Gasteiger partial charge in [0.2, 0.25) is 0 Å². The number of hydrogen-bond acceptors (Lipinski definition) is 16. The first kappa shape index (κ1) is 54.9. The van der Waals surface area contributed by atoms with Crippen molar-refractivity contribution in [2.45, 2.75) is 158 Å². The molecule has 4 fully saturated rings. The lowest BCUT2D eigenvalue weighted by atomic mass is 9.88. The van der Waals surface area contributed by atoms with Gasteiger partial charge in [-0.1, -0.05) is 101 Å². The van der Waals surface area contributed by atoms with Crippen molar-refractivity contribution in [2.75, 3.05) is 20.3 Å². The van der Waals surface area contributed by atoms with Crippen molar-refractivity contribution >= 4 is 46.1 Å². The molecular formula is C42H58B4N6O14P2. The molecule has 0 amide bonds. The summed E-state index contributed by atoms with van der Waals surface area (Å²) in [6, 6.07) is 16.7. The molecule has 0 saturated carbocycles. The van der Waals surface area contributed by atoms with Crippen molar-refractivity contribution in [2.24, 2.45) is 22.1 Å². The number of hydrogen-bond donors (Lipinski definition) is 2.